The van der Waals surface area contributed by atoms with Crippen molar-refractivity contribution >= 4 is 11.9 Å². The summed E-state index contributed by atoms with van der Waals surface area (Å²) in [6, 6.07) is 11.5. The second kappa shape index (κ2) is 8.54. The number of para-hydroxylation sites is 1. The number of amides is 1. The SMILES string of the molecule is COC(=O)c1cc(CN2CCC[C@@H](c3nn(-c4ccccc4)cc3C(N)=O)C2)c[nH]1. The predicted octanol–water partition coefficient (Wildman–Crippen LogP) is 2.47. The number of benzene rings is 1. The Labute approximate surface area is 174 Å². The van der Waals surface area contributed by atoms with Crippen molar-refractivity contribution < 1.29 is 14.3 Å². The van der Waals surface area contributed by atoms with Gasteiger partial charge in [0.1, 0.15) is 5.69 Å². The molecule has 8 nitrogen and oxygen atoms in total. The Morgan fingerprint density at radius 2 is 2.10 bits per heavy atom. The number of nitrogens with zero attached hydrogens (tertiary/aromatic N) is 3. The Kier molecular flexibility index (Phi) is 5.67. The molecule has 0 bridgehead atoms. The summed E-state index contributed by atoms with van der Waals surface area (Å²) in [7, 11) is 1.36. The van der Waals surface area contributed by atoms with Gasteiger partial charge >= 0.3 is 5.97 Å². The molecule has 4 rings (SSSR count). The van der Waals surface area contributed by atoms with Gasteiger partial charge in [0.25, 0.3) is 5.91 Å². The van der Waals surface area contributed by atoms with Gasteiger partial charge in [-0.05, 0) is 43.1 Å². The summed E-state index contributed by atoms with van der Waals surface area (Å²) < 4.78 is 6.48. The lowest BCUT2D eigenvalue weighted by Crippen LogP contribution is -2.34. The Bertz CT molecular complexity index is 1040. The van der Waals surface area contributed by atoms with Gasteiger partial charge in [-0.1, -0.05) is 18.2 Å². The summed E-state index contributed by atoms with van der Waals surface area (Å²) in [5.74, 6) is -0.724. The highest BCUT2D eigenvalue weighted by Crippen LogP contribution is 2.30. The van der Waals surface area contributed by atoms with Gasteiger partial charge in [0, 0.05) is 31.4 Å². The van der Waals surface area contributed by atoms with Crippen LogP contribution in [0.4, 0.5) is 0 Å². The molecule has 1 aliphatic rings. The van der Waals surface area contributed by atoms with Crippen molar-refractivity contribution in [2.24, 2.45) is 5.73 Å². The highest BCUT2D eigenvalue weighted by atomic mass is 16.5. The van der Waals surface area contributed by atoms with Crippen LogP contribution in [0.2, 0.25) is 0 Å². The minimum absolute atomic E-state index is 0.116. The number of esters is 1. The maximum Gasteiger partial charge on any atom is 0.354 e. The fourth-order valence-electron chi connectivity index (χ4n) is 4.03. The molecule has 3 aromatic rings. The zero-order valence-electron chi connectivity index (χ0n) is 16.9. The van der Waals surface area contributed by atoms with E-state index in [1.807, 2.05) is 42.6 Å². The molecule has 30 heavy (non-hydrogen) atoms. The molecule has 1 fully saturated rings. The van der Waals surface area contributed by atoms with Crippen molar-refractivity contribution in [3.63, 3.8) is 0 Å². The fraction of sp³-hybridized carbons (Fsp3) is 0.318. The number of methoxy groups -OCH3 is 1. The fourth-order valence-corrected chi connectivity index (χ4v) is 4.03. The molecule has 0 spiro atoms. The number of aromatic nitrogens is 3. The zero-order valence-corrected chi connectivity index (χ0v) is 16.9. The molecule has 0 saturated carbocycles. The van der Waals surface area contributed by atoms with Crippen LogP contribution in [0.5, 0.6) is 0 Å². The molecule has 2 aromatic heterocycles. The molecular weight excluding hydrogens is 382 g/mol. The summed E-state index contributed by atoms with van der Waals surface area (Å²) in [6.07, 6.45) is 5.49. The minimum Gasteiger partial charge on any atom is -0.464 e. The minimum atomic E-state index is -0.461. The molecule has 8 heteroatoms. The quantitative estimate of drug-likeness (QED) is 0.611. The van der Waals surface area contributed by atoms with E-state index in [4.69, 9.17) is 15.6 Å². The monoisotopic (exact) mass is 407 g/mol. The first-order valence-corrected chi connectivity index (χ1v) is 9.98. The van der Waals surface area contributed by atoms with E-state index in [-0.39, 0.29) is 11.9 Å². The number of H-pyrrole nitrogens is 1. The van der Waals surface area contributed by atoms with Gasteiger partial charge in [-0.25, -0.2) is 9.48 Å². The number of piperidine rings is 1. The van der Waals surface area contributed by atoms with Crippen molar-refractivity contribution in [1.29, 1.82) is 0 Å². The Hall–Kier alpha value is -3.39. The van der Waals surface area contributed by atoms with E-state index < -0.39 is 5.91 Å². The Balaban J connectivity index is 1.53. The van der Waals surface area contributed by atoms with Crippen molar-refractivity contribution in [1.82, 2.24) is 19.7 Å². The smallest absolute Gasteiger partial charge is 0.354 e. The zero-order chi connectivity index (χ0) is 21.1. The van der Waals surface area contributed by atoms with Crippen LogP contribution in [-0.4, -0.2) is 51.7 Å². The normalized spacial score (nSPS) is 17.0. The van der Waals surface area contributed by atoms with Crippen LogP contribution in [0, 0.1) is 0 Å². The first-order chi connectivity index (χ1) is 14.5. The van der Waals surface area contributed by atoms with Gasteiger partial charge in [0.2, 0.25) is 0 Å². The number of carbonyl (C=O) groups is 2. The summed E-state index contributed by atoms with van der Waals surface area (Å²) in [4.78, 5) is 29.0. The Morgan fingerprint density at radius 3 is 2.83 bits per heavy atom. The molecule has 0 unspecified atom stereocenters. The average molecular weight is 407 g/mol. The van der Waals surface area contributed by atoms with E-state index in [2.05, 4.69) is 9.88 Å². The molecule has 3 N–H and O–H groups in total. The lowest BCUT2D eigenvalue weighted by molar-refractivity contribution is 0.0594. The summed E-state index contributed by atoms with van der Waals surface area (Å²) in [5, 5.41) is 4.73. The summed E-state index contributed by atoms with van der Waals surface area (Å²) in [5.41, 5.74) is 9.23. The van der Waals surface area contributed by atoms with Crippen LogP contribution in [-0.2, 0) is 11.3 Å². The highest BCUT2D eigenvalue weighted by molar-refractivity contribution is 5.94. The van der Waals surface area contributed by atoms with Gasteiger partial charge in [-0.3, -0.25) is 9.69 Å². The number of ether oxygens (including phenoxy) is 1. The molecular formula is C22H25N5O3. The van der Waals surface area contributed by atoms with Crippen LogP contribution >= 0.6 is 0 Å². The van der Waals surface area contributed by atoms with Gasteiger partial charge in [-0.15, -0.1) is 0 Å². The van der Waals surface area contributed by atoms with Crippen LogP contribution in [0.3, 0.4) is 0 Å². The number of carbonyl (C=O) groups excluding carboxylic acids is 2. The van der Waals surface area contributed by atoms with E-state index in [0.717, 1.165) is 42.9 Å². The van der Waals surface area contributed by atoms with Gasteiger partial charge in [0.15, 0.2) is 0 Å². The first-order valence-electron chi connectivity index (χ1n) is 9.98. The molecule has 1 aliphatic heterocycles. The third kappa shape index (κ3) is 4.13. The topological polar surface area (TPSA) is 106 Å². The molecule has 3 heterocycles. The van der Waals surface area contributed by atoms with Crippen molar-refractivity contribution in [3.05, 3.63) is 71.3 Å². The first kappa shape index (κ1) is 19.9. The average Bonchev–Trinajstić information content (AvgIpc) is 3.42. The lowest BCUT2D eigenvalue weighted by Gasteiger charge is -2.32. The van der Waals surface area contributed by atoms with Gasteiger partial charge in [0.05, 0.1) is 24.1 Å². The number of rotatable bonds is 6. The predicted molar refractivity (Wildman–Crippen MR) is 111 cm³/mol. The third-order valence-corrected chi connectivity index (χ3v) is 5.48. The van der Waals surface area contributed by atoms with Crippen LogP contribution in [0.1, 0.15) is 50.9 Å². The lowest BCUT2D eigenvalue weighted by atomic mass is 9.92. The van der Waals surface area contributed by atoms with Crippen LogP contribution in [0.25, 0.3) is 5.69 Å². The second-order valence-electron chi connectivity index (χ2n) is 7.56. The van der Waals surface area contributed by atoms with E-state index in [0.29, 0.717) is 17.8 Å². The summed E-state index contributed by atoms with van der Waals surface area (Å²) >= 11 is 0. The number of hydrogen-bond acceptors (Lipinski definition) is 5. The van der Waals surface area contributed by atoms with Gasteiger partial charge in [-0.2, -0.15) is 5.10 Å². The number of likely N-dealkylation sites (tertiary alicyclic amines) is 1. The number of aromatic amines is 1. The Morgan fingerprint density at radius 1 is 1.30 bits per heavy atom. The standard InChI is InChI=1S/C22H25N5O3/c1-30-22(29)19-10-15(11-24-19)12-26-9-5-6-16(13-26)20-18(21(23)28)14-27(25-20)17-7-3-2-4-8-17/h2-4,7-8,10-11,14,16,24H,5-6,9,12-13H2,1H3,(H2,23,28)/t16-/m1/s1. The van der Waals surface area contributed by atoms with Crippen LogP contribution in [0.15, 0.2) is 48.8 Å². The molecule has 1 amide bonds. The molecule has 1 aromatic carbocycles. The number of hydrogen-bond donors (Lipinski definition) is 2. The number of nitrogens with two attached hydrogens (primary N) is 1. The van der Waals surface area contributed by atoms with E-state index >= 15 is 0 Å². The van der Waals surface area contributed by atoms with E-state index in [1.165, 1.54) is 7.11 Å². The molecule has 156 valence electrons. The maximum absolute atomic E-state index is 12.1. The summed E-state index contributed by atoms with van der Waals surface area (Å²) in [6.45, 7) is 2.42. The number of nitrogens with one attached hydrogen (secondary N) is 1. The van der Waals surface area contributed by atoms with Gasteiger partial charge < -0.3 is 15.5 Å². The molecule has 1 atom stereocenters. The third-order valence-electron chi connectivity index (χ3n) is 5.48. The van der Waals surface area contributed by atoms with E-state index in [1.54, 1.807) is 10.9 Å². The van der Waals surface area contributed by atoms with Crippen molar-refractivity contribution in [2.45, 2.75) is 25.3 Å². The van der Waals surface area contributed by atoms with E-state index in [9.17, 15) is 9.59 Å². The molecule has 1 saturated heterocycles. The molecule has 0 radical (unpaired) electrons. The maximum atomic E-state index is 12.1. The largest absolute Gasteiger partial charge is 0.464 e. The second-order valence-corrected chi connectivity index (χ2v) is 7.56. The highest BCUT2D eigenvalue weighted by Gasteiger charge is 2.28. The van der Waals surface area contributed by atoms with Crippen molar-refractivity contribution in [2.75, 3.05) is 20.2 Å². The molecule has 0 aliphatic carbocycles. The van der Waals surface area contributed by atoms with Crippen molar-refractivity contribution in [3.8, 4) is 5.69 Å². The number of primary amides is 1. The van der Waals surface area contributed by atoms with Crippen LogP contribution < -0.4 is 5.73 Å².